The van der Waals surface area contributed by atoms with Gasteiger partial charge in [-0.2, -0.15) is 0 Å². The molecule has 0 rings (SSSR count). The van der Waals surface area contributed by atoms with Crippen molar-refractivity contribution < 1.29 is 18.7 Å². The molecular weight excluding hydrogens is 181 g/mol. The number of hydrogen-bond acceptors (Lipinski definition) is 5. The molecule has 0 aromatic heterocycles. The summed E-state index contributed by atoms with van der Waals surface area (Å²) in [6.45, 7) is 3.48. The molecule has 0 fully saturated rings. The van der Waals surface area contributed by atoms with Gasteiger partial charge in [-0.1, -0.05) is 0 Å². The molecule has 0 unspecified atom stereocenters. The minimum absolute atomic E-state index is 0.255. The summed E-state index contributed by atoms with van der Waals surface area (Å²) in [6, 6.07) is 0. The van der Waals surface area contributed by atoms with E-state index in [1.54, 1.807) is 13.8 Å². The first-order chi connectivity index (χ1) is 5.60. The maximum Gasteiger partial charge on any atom is 0.349 e. The predicted molar refractivity (Wildman–Crippen MR) is 45.9 cm³/mol. The van der Waals surface area contributed by atoms with Crippen molar-refractivity contribution in [2.75, 3.05) is 19.8 Å². The van der Waals surface area contributed by atoms with Crippen LogP contribution in [0.1, 0.15) is 13.8 Å². The molecule has 12 heavy (non-hydrogen) atoms. The summed E-state index contributed by atoms with van der Waals surface area (Å²) >= 11 is 0. The summed E-state index contributed by atoms with van der Waals surface area (Å²) in [4.78, 5) is 0. The summed E-state index contributed by atoms with van der Waals surface area (Å²) in [7, 11) is -3.28. The number of nitrogens with two attached hydrogens (primary N) is 1. The lowest BCUT2D eigenvalue weighted by Gasteiger charge is -2.21. The van der Waals surface area contributed by atoms with Gasteiger partial charge in [-0.15, -0.1) is 0 Å². The van der Waals surface area contributed by atoms with E-state index in [0.29, 0.717) is 0 Å². The molecule has 0 aromatic rings. The van der Waals surface area contributed by atoms with Crippen LogP contribution in [0.25, 0.3) is 0 Å². The van der Waals surface area contributed by atoms with Gasteiger partial charge >= 0.3 is 7.60 Å². The highest BCUT2D eigenvalue weighted by Crippen LogP contribution is 2.50. The van der Waals surface area contributed by atoms with E-state index in [1.807, 2.05) is 0 Å². The Bertz CT molecular complexity index is 154. The summed E-state index contributed by atoms with van der Waals surface area (Å²) in [5.74, 6) is -0.947. The van der Waals surface area contributed by atoms with Crippen molar-refractivity contribution in [2.24, 2.45) is 5.73 Å². The van der Waals surface area contributed by atoms with Crippen LogP contribution in [0.5, 0.6) is 0 Å². The van der Waals surface area contributed by atoms with E-state index < -0.39 is 20.0 Å². The highest BCUT2D eigenvalue weighted by atomic mass is 31.2. The largest absolute Gasteiger partial charge is 0.394 e. The Morgan fingerprint density at radius 2 is 1.83 bits per heavy atom. The quantitative estimate of drug-likeness (QED) is 0.607. The third-order valence-corrected chi connectivity index (χ3v) is 3.42. The smallest absolute Gasteiger partial charge is 0.349 e. The number of aliphatic hydroxyl groups is 1. The first-order valence-electron chi connectivity index (χ1n) is 3.86. The number of hydrogen-bond donors (Lipinski definition) is 2. The highest BCUT2D eigenvalue weighted by Gasteiger charge is 2.31. The van der Waals surface area contributed by atoms with Crippen LogP contribution in [-0.4, -0.2) is 30.7 Å². The van der Waals surface area contributed by atoms with Gasteiger partial charge in [0.2, 0.25) is 0 Å². The van der Waals surface area contributed by atoms with Crippen molar-refractivity contribution >= 4 is 7.60 Å². The van der Waals surface area contributed by atoms with E-state index in [9.17, 15) is 4.57 Å². The second kappa shape index (κ2) is 5.67. The standard InChI is InChI=1S/C6H16NO4P/c1-3-10-12(9,11-4-2)6(7)5-8/h6,8H,3-5,7H2,1-2H3/t6-/m1/s1. The van der Waals surface area contributed by atoms with Gasteiger partial charge in [0.1, 0.15) is 5.78 Å². The molecular formula is C6H16NO4P. The van der Waals surface area contributed by atoms with Crippen LogP contribution in [0.4, 0.5) is 0 Å². The van der Waals surface area contributed by atoms with Crippen LogP contribution in [0.15, 0.2) is 0 Å². The van der Waals surface area contributed by atoms with E-state index >= 15 is 0 Å². The lowest BCUT2D eigenvalue weighted by molar-refractivity contribution is 0.195. The van der Waals surface area contributed by atoms with Gasteiger partial charge in [-0.25, -0.2) is 0 Å². The summed E-state index contributed by atoms with van der Waals surface area (Å²) in [5, 5.41) is 8.67. The first kappa shape index (κ1) is 12.1. The Kier molecular flexibility index (Phi) is 5.70. The molecule has 0 saturated carbocycles. The van der Waals surface area contributed by atoms with Crippen molar-refractivity contribution in [3.63, 3.8) is 0 Å². The SMILES string of the molecule is CCOP(=O)(OCC)[C@@H](N)CO. The maximum absolute atomic E-state index is 11.6. The third-order valence-electron chi connectivity index (χ3n) is 1.21. The molecule has 0 bridgehead atoms. The Hall–Kier alpha value is 0.0700. The summed E-state index contributed by atoms with van der Waals surface area (Å²) in [6.07, 6.45) is 0. The van der Waals surface area contributed by atoms with E-state index in [2.05, 4.69) is 0 Å². The fraction of sp³-hybridized carbons (Fsp3) is 1.00. The van der Waals surface area contributed by atoms with Gasteiger partial charge in [0.15, 0.2) is 0 Å². The average molecular weight is 197 g/mol. The number of aliphatic hydroxyl groups excluding tert-OH is 1. The fourth-order valence-electron chi connectivity index (χ4n) is 0.689. The van der Waals surface area contributed by atoms with Gasteiger partial charge in [-0.3, -0.25) is 4.57 Å². The topological polar surface area (TPSA) is 81.8 Å². The van der Waals surface area contributed by atoms with Crippen LogP contribution in [0, 0.1) is 0 Å². The molecule has 0 saturated heterocycles. The second-order valence-corrected chi connectivity index (χ2v) is 4.38. The van der Waals surface area contributed by atoms with Crippen molar-refractivity contribution in [1.82, 2.24) is 0 Å². The Balaban J connectivity index is 4.27. The van der Waals surface area contributed by atoms with Gasteiger partial charge < -0.3 is 19.9 Å². The molecule has 3 N–H and O–H groups in total. The zero-order chi connectivity index (χ0) is 9.61. The Morgan fingerprint density at radius 1 is 1.42 bits per heavy atom. The van der Waals surface area contributed by atoms with Gasteiger partial charge in [0, 0.05) is 0 Å². The fourth-order valence-corrected chi connectivity index (χ4v) is 2.07. The van der Waals surface area contributed by atoms with Crippen LogP contribution >= 0.6 is 7.60 Å². The third kappa shape index (κ3) is 3.21. The molecule has 5 nitrogen and oxygen atoms in total. The maximum atomic E-state index is 11.6. The molecule has 0 amide bonds. The molecule has 0 aliphatic rings. The monoisotopic (exact) mass is 197 g/mol. The van der Waals surface area contributed by atoms with Crippen molar-refractivity contribution in [2.45, 2.75) is 19.6 Å². The molecule has 0 heterocycles. The van der Waals surface area contributed by atoms with Gasteiger partial charge in [0.05, 0.1) is 19.8 Å². The number of rotatable bonds is 6. The molecule has 0 radical (unpaired) electrons. The Labute approximate surface area is 72.4 Å². The normalized spacial score (nSPS) is 14.7. The summed E-state index contributed by atoms with van der Waals surface area (Å²) < 4.78 is 21.4. The molecule has 0 spiro atoms. The van der Waals surface area contributed by atoms with Crippen molar-refractivity contribution in [3.8, 4) is 0 Å². The van der Waals surface area contributed by atoms with E-state index in [1.165, 1.54) is 0 Å². The molecule has 0 aromatic carbocycles. The van der Waals surface area contributed by atoms with E-state index in [4.69, 9.17) is 19.9 Å². The zero-order valence-corrected chi connectivity index (χ0v) is 8.29. The lowest BCUT2D eigenvalue weighted by atomic mass is 10.7. The van der Waals surface area contributed by atoms with E-state index in [0.717, 1.165) is 0 Å². The first-order valence-corrected chi connectivity index (χ1v) is 5.47. The lowest BCUT2D eigenvalue weighted by Crippen LogP contribution is -2.26. The average Bonchev–Trinajstić information content (AvgIpc) is 2.04. The van der Waals surface area contributed by atoms with Crippen LogP contribution in [-0.2, 0) is 13.6 Å². The van der Waals surface area contributed by atoms with E-state index in [-0.39, 0.29) is 13.2 Å². The van der Waals surface area contributed by atoms with Gasteiger partial charge in [-0.05, 0) is 13.8 Å². The highest BCUT2D eigenvalue weighted by molar-refractivity contribution is 7.54. The predicted octanol–water partition coefficient (Wildman–Crippen LogP) is 0.530. The molecule has 0 aliphatic carbocycles. The molecule has 6 heteroatoms. The van der Waals surface area contributed by atoms with Crippen molar-refractivity contribution in [1.29, 1.82) is 0 Å². The van der Waals surface area contributed by atoms with Crippen LogP contribution in [0.2, 0.25) is 0 Å². The second-order valence-electron chi connectivity index (χ2n) is 2.13. The molecule has 74 valence electrons. The van der Waals surface area contributed by atoms with Gasteiger partial charge in [0.25, 0.3) is 0 Å². The summed E-state index contributed by atoms with van der Waals surface area (Å²) in [5.41, 5.74) is 5.36. The van der Waals surface area contributed by atoms with Crippen molar-refractivity contribution in [3.05, 3.63) is 0 Å². The van der Waals surface area contributed by atoms with Crippen LogP contribution in [0.3, 0.4) is 0 Å². The molecule has 0 aliphatic heterocycles. The zero-order valence-electron chi connectivity index (χ0n) is 7.40. The molecule has 1 atom stereocenters. The Morgan fingerprint density at radius 3 is 2.08 bits per heavy atom. The minimum Gasteiger partial charge on any atom is -0.394 e. The van der Waals surface area contributed by atoms with Crippen LogP contribution < -0.4 is 5.73 Å². The minimum atomic E-state index is -3.28.